The number of rotatable bonds is 7. The number of methoxy groups -OCH3 is 1. The average Bonchev–Trinajstić information content (AvgIpc) is 2.87. The monoisotopic (exact) mass is 318 g/mol. The van der Waals surface area contributed by atoms with Crippen LogP contribution in [0.5, 0.6) is 0 Å². The third-order valence-corrected chi connectivity index (χ3v) is 4.14. The van der Waals surface area contributed by atoms with Gasteiger partial charge in [0.15, 0.2) is 5.65 Å². The molecule has 2 heterocycles. The number of amides is 1. The maximum Gasteiger partial charge on any atom is 0.222 e. The van der Waals surface area contributed by atoms with Gasteiger partial charge < -0.3 is 9.64 Å². The number of hydrogen-bond donors (Lipinski definition) is 0. The Morgan fingerprint density at radius 1 is 1.35 bits per heavy atom. The zero-order chi connectivity index (χ0) is 17.0. The molecule has 0 aliphatic carbocycles. The average molecular weight is 318 g/mol. The molecule has 1 amide bonds. The summed E-state index contributed by atoms with van der Waals surface area (Å²) in [4.78, 5) is 18.6. The quantitative estimate of drug-likeness (QED) is 0.733. The normalized spacial score (nSPS) is 11.2. The largest absolute Gasteiger partial charge is 0.385 e. The van der Waals surface area contributed by atoms with E-state index in [9.17, 15) is 4.79 Å². The van der Waals surface area contributed by atoms with Crippen LogP contribution in [0.1, 0.15) is 35.5 Å². The Morgan fingerprint density at radius 3 is 2.78 bits per heavy atom. The Balaban J connectivity index is 2.05. The van der Waals surface area contributed by atoms with E-state index in [1.165, 1.54) is 0 Å². The molecular weight excluding hydrogens is 292 g/mol. The van der Waals surface area contributed by atoms with Crippen molar-refractivity contribution < 1.29 is 9.53 Å². The molecule has 2 rings (SSSR count). The van der Waals surface area contributed by atoms with E-state index in [1.54, 1.807) is 12.0 Å². The molecule has 0 radical (unpaired) electrons. The van der Waals surface area contributed by atoms with Crippen LogP contribution in [0.3, 0.4) is 0 Å². The van der Waals surface area contributed by atoms with Crippen molar-refractivity contribution in [3.8, 4) is 0 Å². The maximum atomic E-state index is 12.2. The molecule has 0 atom stereocenters. The lowest BCUT2D eigenvalue weighted by atomic mass is 10.1. The number of nitrogens with zero attached hydrogens (tertiary/aromatic N) is 4. The van der Waals surface area contributed by atoms with Crippen LogP contribution >= 0.6 is 0 Å². The van der Waals surface area contributed by atoms with Crippen LogP contribution < -0.4 is 0 Å². The van der Waals surface area contributed by atoms with Crippen molar-refractivity contribution in [3.63, 3.8) is 0 Å². The summed E-state index contributed by atoms with van der Waals surface area (Å²) in [6.07, 6.45) is 2.03. The van der Waals surface area contributed by atoms with Crippen molar-refractivity contribution in [3.05, 3.63) is 28.7 Å². The van der Waals surface area contributed by atoms with Gasteiger partial charge in [0.25, 0.3) is 0 Å². The Morgan fingerprint density at radius 2 is 2.09 bits per heavy atom. The zero-order valence-electron chi connectivity index (χ0n) is 14.7. The van der Waals surface area contributed by atoms with Crippen molar-refractivity contribution in [1.29, 1.82) is 0 Å². The van der Waals surface area contributed by atoms with Gasteiger partial charge in [-0.3, -0.25) is 4.79 Å². The first-order chi connectivity index (χ1) is 10.9. The van der Waals surface area contributed by atoms with Crippen molar-refractivity contribution in [2.24, 2.45) is 0 Å². The molecule has 6 heteroatoms. The van der Waals surface area contributed by atoms with Gasteiger partial charge >= 0.3 is 0 Å². The fraction of sp³-hybridized carbons (Fsp3) is 0.588. The van der Waals surface area contributed by atoms with Crippen LogP contribution in [0.4, 0.5) is 0 Å². The van der Waals surface area contributed by atoms with Gasteiger partial charge in [-0.25, -0.2) is 9.50 Å². The van der Waals surface area contributed by atoms with Crippen LogP contribution in [0.25, 0.3) is 5.65 Å². The Kier molecular flexibility index (Phi) is 5.71. The lowest BCUT2D eigenvalue weighted by Crippen LogP contribution is -2.28. The number of ether oxygens (including phenoxy) is 1. The summed E-state index contributed by atoms with van der Waals surface area (Å²) in [6.45, 7) is 7.39. The van der Waals surface area contributed by atoms with E-state index in [2.05, 4.69) is 10.1 Å². The molecule has 2 aromatic heterocycles. The molecular formula is C17H26N4O2. The van der Waals surface area contributed by atoms with Gasteiger partial charge in [0.1, 0.15) is 0 Å². The molecule has 2 aromatic rings. The van der Waals surface area contributed by atoms with E-state index < -0.39 is 0 Å². The highest BCUT2D eigenvalue weighted by molar-refractivity contribution is 5.76. The standard InChI is InChI=1S/C17H26N4O2/c1-12-11-16-18-13(2)15(14(3)21(16)19-12)7-8-17(22)20(4)9-6-10-23-5/h11H,6-10H2,1-5H3. The summed E-state index contributed by atoms with van der Waals surface area (Å²) in [5, 5.41) is 4.47. The molecule has 0 bridgehead atoms. The second kappa shape index (κ2) is 7.55. The van der Waals surface area contributed by atoms with Crippen molar-refractivity contribution in [2.75, 3.05) is 27.3 Å². The first-order valence-corrected chi connectivity index (χ1v) is 7.99. The molecule has 0 aliphatic rings. The summed E-state index contributed by atoms with van der Waals surface area (Å²) in [6, 6.07) is 1.97. The van der Waals surface area contributed by atoms with E-state index >= 15 is 0 Å². The lowest BCUT2D eigenvalue weighted by molar-refractivity contribution is -0.130. The number of carbonyl (C=O) groups is 1. The smallest absolute Gasteiger partial charge is 0.222 e. The Hall–Kier alpha value is -1.95. The highest BCUT2D eigenvalue weighted by atomic mass is 16.5. The summed E-state index contributed by atoms with van der Waals surface area (Å²) in [7, 11) is 3.52. The molecule has 6 nitrogen and oxygen atoms in total. The number of carbonyl (C=O) groups excluding carboxylic acids is 1. The van der Waals surface area contributed by atoms with Gasteiger partial charge in [0.05, 0.1) is 5.69 Å². The molecule has 0 N–H and O–H groups in total. The zero-order valence-corrected chi connectivity index (χ0v) is 14.7. The van der Waals surface area contributed by atoms with Crippen LogP contribution in [0, 0.1) is 20.8 Å². The van der Waals surface area contributed by atoms with E-state index in [0.29, 0.717) is 19.4 Å². The molecule has 0 aliphatic heterocycles. The van der Waals surface area contributed by atoms with E-state index in [0.717, 1.165) is 41.3 Å². The fourth-order valence-electron chi connectivity index (χ4n) is 2.80. The van der Waals surface area contributed by atoms with Crippen LogP contribution in [0.2, 0.25) is 0 Å². The van der Waals surface area contributed by atoms with Gasteiger partial charge in [0, 0.05) is 51.2 Å². The van der Waals surface area contributed by atoms with Gasteiger partial charge in [-0.15, -0.1) is 0 Å². The maximum absolute atomic E-state index is 12.2. The van der Waals surface area contributed by atoms with E-state index in [4.69, 9.17) is 4.74 Å². The highest BCUT2D eigenvalue weighted by Gasteiger charge is 2.14. The van der Waals surface area contributed by atoms with Crippen molar-refractivity contribution >= 4 is 11.6 Å². The van der Waals surface area contributed by atoms with Crippen LogP contribution in [-0.2, 0) is 16.0 Å². The van der Waals surface area contributed by atoms with Gasteiger partial charge in [0.2, 0.25) is 5.91 Å². The molecule has 0 unspecified atom stereocenters. The van der Waals surface area contributed by atoms with E-state index in [-0.39, 0.29) is 5.91 Å². The SMILES string of the molecule is COCCCN(C)C(=O)CCc1c(C)nc2cc(C)nn2c1C. The minimum Gasteiger partial charge on any atom is -0.385 e. The van der Waals surface area contributed by atoms with Crippen LogP contribution in [0.15, 0.2) is 6.07 Å². The third-order valence-electron chi connectivity index (χ3n) is 4.14. The molecule has 0 saturated heterocycles. The fourth-order valence-corrected chi connectivity index (χ4v) is 2.80. The third kappa shape index (κ3) is 4.07. The number of hydrogen-bond acceptors (Lipinski definition) is 4. The molecule has 126 valence electrons. The number of aryl methyl sites for hydroxylation is 3. The summed E-state index contributed by atoms with van der Waals surface area (Å²) in [5.41, 5.74) is 4.97. The second-order valence-corrected chi connectivity index (χ2v) is 5.98. The molecule has 23 heavy (non-hydrogen) atoms. The lowest BCUT2D eigenvalue weighted by Gasteiger charge is -2.17. The summed E-state index contributed by atoms with van der Waals surface area (Å²) in [5.74, 6) is 0.150. The Bertz CT molecular complexity index is 693. The predicted octanol–water partition coefficient (Wildman–Crippen LogP) is 2.08. The first-order valence-electron chi connectivity index (χ1n) is 7.99. The topological polar surface area (TPSA) is 59.7 Å². The predicted molar refractivity (Wildman–Crippen MR) is 89.6 cm³/mol. The van der Waals surface area contributed by atoms with Crippen molar-refractivity contribution in [2.45, 2.75) is 40.0 Å². The second-order valence-electron chi connectivity index (χ2n) is 5.98. The Labute approximate surface area is 137 Å². The van der Waals surface area contributed by atoms with Gasteiger partial charge in [-0.2, -0.15) is 5.10 Å². The highest BCUT2D eigenvalue weighted by Crippen LogP contribution is 2.17. The molecule has 0 aromatic carbocycles. The summed E-state index contributed by atoms with van der Waals surface area (Å²) < 4.78 is 6.89. The van der Waals surface area contributed by atoms with Gasteiger partial charge in [-0.1, -0.05) is 0 Å². The molecule has 0 saturated carbocycles. The van der Waals surface area contributed by atoms with E-state index in [1.807, 2.05) is 38.4 Å². The molecule has 0 fully saturated rings. The molecule has 0 spiro atoms. The van der Waals surface area contributed by atoms with Crippen LogP contribution in [-0.4, -0.2) is 52.7 Å². The number of fused-ring (bicyclic) bond motifs is 1. The first kappa shape index (κ1) is 17.4. The minimum atomic E-state index is 0.150. The number of aromatic nitrogens is 3. The minimum absolute atomic E-state index is 0.150. The van der Waals surface area contributed by atoms with Crippen molar-refractivity contribution in [1.82, 2.24) is 19.5 Å². The summed E-state index contributed by atoms with van der Waals surface area (Å²) >= 11 is 0. The van der Waals surface area contributed by atoms with Gasteiger partial charge in [-0.05, 0) is 39.2 Å².